The molecule has 1 N–H and O–H groups in total. The standard InChI is InChI=1S/C25H30N4O2S/c1-19-26-22(18-32-19)17-31-23-10-6-9-21(15-23)25(30)27-24(20-7-4-3-5-8-20)16-29-13-11-28(2)12-14-29/h3-10,15,18,24H,11-14,16-17H2,1-2H3,(H,27,30). The first kappa shape index (κ1) is 22.5. The second kappa shape index (κ2) is 10.7. The Morgan fingerprint density at radius 3 is 2.62 bits per heavy atom. The number of thiazole rings is 1. The Bertz CT molecular complexity index is 1020. The van der Waals surface area contributed by atoms with Gasteiger partial charge < -0.3 is 15.0 Å². The number of benzene rings is 2. The van der Waals surface area contributed by atoms with Gasteiger partial charge >= 0.3 is 0 Å². The number of piperazine rings is 1. The van der Waals surface area contributed by atoms with E-state index in [1.807, 2.05) is 48.7 Å². The Kier molecular flexibility index (Phi) is 7.52. The molecule has 1 unspecified atom stereocenters. The molecule has 1 fully saturated rings. The van der Waals surface area contributed by atoms with Crippen molar-refractivity contribution in [3.8, 4) is 5.75 Å². The summed E-state index contributed by atoms with van der Waals surface area (Å²) >= 11 is 1.60. The van der Waals surface area contributed by atoms with Crippen LogP contribution in [0, 0.1) is 6.92 Å². The van der Waals surface area contributed by atoms with Gasteiger partial charge in [-0.2, -0.15) is 0 Å². The van der Waals surface area contributed by atoms with E-state index in [1.54, 1.807) is 17.4 Å². The van der Waals surface area contributed by atoms with Crippen LogP contribution >= 0.6 is 11.3 Å². The zero-order valence-corrected chi connectivity index (χ0v) is 19.5. The summed E-state index contributed by atoms with van der Waals surface area (Å²) in [6, 6.07) is 17.5. The average Bonchev–Trinajstić information content (AvgIpc) is 3.24. The lowest BCUT2D eigenvalue weighted by Gasteiger charge is -2.35. The lowest BCUT2D eigenvalue weighted by molar-refractivity contribution is 0.0906. The number of amides is 1. The molecule has 4 rings (SSSR count). The molecule has 168 valence electrons. The number of likely N-dealkylation sites (N-methyl/N-ethyl adjacent to an activating group) is 1. The summed E-state index contributed by atoms with van der Waals surface area (Å²) in [5.74, 6) is 0.571. The van der Waals surface area contributed by atoms with E-state index in [9.17, 15) is 4.79 Å². The van der Waals surface area contributed by atoms with Gasteiger partial charge in [0, 0.05) is 43.7 Å². The van der Waals surface area contributed by atoms with E-state index in [1.165, 1.54) is 0 Å². The average molecular weight is 451 g/mol. The number of nitrogens with one attached hydrogen (secondary N) is 1. The summed E-state index contributed by atoms with van der Waals surface area (Å²) in [6.45, 7) is 7.28. The van der Waals surface area contributed by atoms with Gasteiger partial charge in [0.05, 0.1) is 16.7 Å². The molecule has 6 nitrogen and oxygen atoms in total. The molecule has 3 aromatic rings. The maximum absolute atomic E-state index is 13.1. The van der Waals surface area contributed by atoms with Crippen LogP contribution in [0.5, 0.6) is 5.75 Å². The minimum atomic E-state index is -0.0945. The van der Waals surface area contributed by atoms with E-state index in [4.69, 9.17) is 4.74 Å². The molecule has 2 heterocycles. The molecular formula is C25H30N4O2S. The second-order valence-electron chi connectivity index (χ2n) is 8.21. The molecule has 0 spiro atoms. The van der Waals surface area contributed by atoms with Gasteiger partial charge in [-0.25, -0.2) is 4.98 Å². The van der Waals surface area contributed by atoms with E-state index in [0.29, 0.717) is 17.9 Å². The molecular weight excluding hydrogens is 420 g/mol. The lowest BCUT2D eigenvalue weighted by Crippen LogP contribution is -2.47. The van der Waals surface area contributed by atoms with E-state index in [0.717, 1.165) is 49.0 Å². The maximum atomic E-state index is 13.1. The maximum Gasteiger partial charge on any atom is 0.251 e. The molecule has 0 radical (unpaired) electrons. The first-order chi connectivity index (χ1) is 15.6. The van der Waals surface area contributed by atoms with E-state index in [2.05, 4.69) is 39.3 Å². The molecule has 32 heavy (non-hydrogen) atoms. The van der Waals surface area contributed by atoms with Crippen molar-refractivity contribution < 1.29 is 9.53 Å². The third kappa shape index (κ3) is 6.16. The van der Waals surface area contributed by atoms with Gasteiger partial charge in [-0.05, 0) is 37.7 Å². The van der Waals surface area contributed by atoms with Crippen LogP contribution in [0.2, 0.25) is 0 Å². The highest BCUT2D eigenvalue weighted by Crippen LogP contribution is 2.19. The predicted molar refractivity (Wildman–Crippen MR) is 128 cm³/mol. The Morgan fingerprint density at radius 1 is 1.12 bits per heavy atom. The van der Waals surface area contributed by atoms with Crippen LogP contribution in [0.15, 0.2) is 60.0 Å². The van der Waals surface area contributed by atoms with Gasteiger partial charge in [-0.3, -0.25) is 9.69 Å². The van der Waals surface area contributed by atoms with Crippen molar-refractivity contribution in [2.24, 2.45) is 0 Å². The Hall–Kier alpha value is -2.74. The zero-order chi connectivity index (χ0) is 22.3. The molecule has 1 aliphatic heterocycles. The number of aryl methyl sites for hydroxylation is 1. The number of ether oxygens (including phenoxy) is 1. The summed E-state index contributed by atoms with van der Waals surface area (Å²) in [4.78, 5) is 22.3. The number of carbonyl (C=O) groups excluding carboxylic acids is 1. The van der Waals surface area contributed by atoms with Crippen LogP contribution in [0.25, 0.3) is 0 Å². The van der Waals surface area contributed by atoms with Crippen LogP contribution in [0.3, 0.4) is 0 Å². The summed E-state index contributed by atoms with van der Waals surface area (Å²) in [6.07, 6.45) is 0. The topological polar surface area (TPSA) is 57.7 Å². The zero-order valence-electron chi connectivity index (χ0n) is 18.7. The molecule has 0 aliphatic carbocycles. The SMILES string of the molecule is Cc1nc(COc2cccc(C(=O)NC(CN3CCN(C)CC3)c3ccccc3)c2)cs1. The van der Waals surface area contributed by atoms with Gasteiger partial charge in [0.1, 0.15) is 12.4 Å². The quantitative estimate of drug-likeness (QED) is 0.567. The highest BCUT2D eigenvalue weighted by atomic mass is 32.1. The summed E-state index contributed by atoms with van der Waals surface area (Å²) < 4.78 is 5.87. The van der Waals surface area contributed by atoms with Crippen LogP contribution in [0.4, 0.5) is 0 Å². The number of nitrogens with zero attached hydrogens (tertiary/aromatic N) is 3. The smallest absolute Gasteiger partial charge is 0.251 e. The van der Waals surface area contributed by atoms with Crippen LogP contribution < -0.4 is 10.1 Å². The summed E-state index contributed by atoms with van der Waals surface area (Å²) in [7, 11) is 2.15. The van der Waals surface area contributed by atoms with Gasteiger partial charge in [0.15, 0.2) is 0 Å². The molecule has 2 aromatic carbocycles. The van der Waals surface area contributed by atoms with Crippen molar-refractivity contribution in [3.05, 3.63) is 81.8 Å². The van der Waals surface area contributed by atoms with E-state index >= 15 is 0 Å². The van der Waals surface area contributed by atoms with E-state index < -0.39 is 0 Å². The Labute approximate surface area is 193 Å². The van der Waals surface area contributed by atoms with Gasteiger partial charge in [-0.1, -0.05) is 36.4 Å². The largest absolute Gasteiger partial charge is 0.487 e. The lowest BCUT2D eigenvalue weighted by atomic mass is 10.0. The van der Waals surface area contributed by atoms with Crippen LogP contribution in [0.1, 0.15) is 32.7 Å². The summed E-state index contributed by atoms with van der Waals surface area (Å²) in [5.41, 5.74) is 2.61. The molecule has 1 saturated heterocycles. The van der Waals surface area contributed by atoms with Crippen molar-refractivity contribution in [1.29, 1.82) is 0 Å². The predicted octanol–water partition coefficient (Wildman–Crippen LogP) is 3.75. The molecule has 0 saturated carbocycles. The van der Waals surface area contributed by atoms with Crippen LogP contribution in [-0.2, 0) is 6.61 Å². The number of aromatic nitrogens is 1. The highest BCUT2D eigenvalue weighted by molar-refractivity contribution is 7.09. The number of hydrogen-bond acceptors (Lipinski definition) is 6. The summed E-state index contributed by atoms with van der Waals surface area (Å²) in [5, 5.41) is 6.26. The van der Waals surface area contributed by atoms with Gasteiger partial charge in [0.25, 0.3) is 5.91 Å². The number of carbonyl (C=O) groups is 1. The Balaban J connectivity index is 1.43. The fraction of sp³-hybridized carbons (Fsp3) is 0.360. The third-order valence-electron chi connectivity index (χ3n) is 5.69. The van der Waals surface area contributed by atoms with E-state index in [-0.39, 0.29) is 11.9 Å². The number of hydrogen-bond donors (Lipinski definition) is 1. The number of rotatable bonds is 8. The Morgan fingerprint density at radius 2 is 1.91 bits per heavy atom. The van der Waals surface area contributed by atoms with Crippen molar-refractivity contribution >= 4 is 17.2 Å². The molecule has 1 atom stereocenters. The fourth-order valence-corrected chi connectivity index (χ4v) is 4.41. The fourth-order valence-electron chi connectivity index (χ4n) is 3.81. The minimum Gasteiger partial charge on any atom is -0.487 e. The van der Waals surface area contributed by atoms with Crippen molar-refractivity contribution in [2.45, 2.75) is 19.6 Å². The first-order valence-electron chi connectivity index (χ1n) is 11.0. The van der Waals surface area contributed by atoms with Crippen molar-refractivity contribution in [2.75, 3.05) is 39.8 Å². The highest BCUT2D eigenvalue weighted by Gasteiger charge is 2.22. The molecule has 0 bridgehead atoms. The molecule has 1 amide bonds. The van der Waals surface area contributed by atoms with Crippen molar-refractivity contribution in [1.82, 2.24) is 20.1 Å². The second-order valence-corrected chi connectivity index (χ2v) is 9.28. The molecule has 1 aliphatic rings. The first-order valence-corrected chi connectivity index (χ1v) is 11.9. The monoisotopic (exact) mass is 450 g/mol. The third-order valence-corrected chi connectivity index (χ3v) is 6.52. The van der Waals surface area contributed by atoms with Crippen molar-refractivity contribution in [3.63, 3.8) is 0 Å². The minimum absolute atomic E-state index is 0.0744. The van der Waals surface area contributed by atoms with Gasteiger partial charge in [0.2, 0.25) is 0 Å². The normalized spacial score (nSPS) is 15.9. The van der Waals surface area contributed by atoms with Crippen LogP contribution in [-0.4, -0.2) is 60.5 Å². The molecule has 1 aromatic heterocycles. The van der Waals surface area contributed by atoms with Gasteiger partial charge in [-0.15, -0.1) is 11.3 Å². The molecule has 7 heteroatoms.